The lowest BCUT2D eigenvalue weighted by molar-refractivity contribution is -0.118. The van der Waals surface area contributed by atoms with E-state index in [-0.39, 0.29) is 39.4 Å². The molecule has 1 aromatic heterocycles. The number of halogens is 2. The molecule has 1 atom stereocenters. The van der Waals surface area contributed by atoms with Crippen molar-refractivity contribution in [2.45, 2.75) is 58.5 Å². The Kier molecular flexibility index (Phi) is 10.7. The summed E-state index contributed by atoms with van der Waals surface area (Å²) in [6, 6.07) is 22.1. The number of carbonyl (C=O) groups excluding carboxylic acids is 2. The summed E-state index contributed by atoms with van der Waals surface area (Å²) in [5, 5.41) is 7.10. The molecule has 0 saturated carbocycles. The number of aromatic nitrogens is 1. The summed E-state index contributed by atoms with van der Waals surface area (Å²) in [4.78, 5) is 28.2. The number of piperidine rings is 1. The van der Waals surface area contributed by atoms with Gasteiger partial charge in [-0.15, -0.1) is 0 Å². The highest BCUT2D eigenvalue weighted by molar-refractivity contribution is 6.33. The monoisotopic (exact) mass is 631 g/mol. The van der Waals surface area contributed by atoms with Gasteiger partial charge >= 0.3 is 5.97 Å². The zero-order valence-electron chi connectivity index (χ0n) is 25.9. The summed E-state index contributed by atoms with van der Waals surface area (Å²) >= 11 is 6.28. The molecule has 1 N–H and O–H groups in total. The highest BCUT2D eigenvalue weighted by atomic mass is 35.5. The van der Waals surface area contributed by atoms with Crippen molar-refractivity contribution >= 4 is 29.2 Å². The minimum atomic E-state index is -0.635. The predicted molar refractivity (Wildman–Crippen MR) is 174 cm³/mol. The molecule has 1 amide bonds. The number of esters is 1. The van der Waals surface area contributed by atoms with Crippen LogP contribution in [0.1, 0.15) is 78.8 Å². The molecule has 1 aliphatic heterocycles. The number of ether oxygens (including phenoxy) is 1. The molecule has 0 radical (unpaired) electrons. The summed E-state index contributed by atoms with van der Waals surface area (Å²) in [6.45, 7) is 8.19. The number of carbonyl (C=O) groups is 2. The molecule has 236 valence electrons. The number of likely N-dealkylation sites (tertiary alicyclic amines) is 1. The van der Waals surface area contributed by atoms with E-state index in [9.17, 15) is 14.0 Å². The van der Waals surface area contributed by atoms with Crippen molar-refractivity contribution in [1.29, 1.82) is 0 Å². The Morgan fingerprint density at radius 1 is 1.07 bits per heavy atom. The first-order valence-corrected chi connectivity index (χ1v) is 15.9. The molecule has 0 bridgehead atoms. The summed E-state index contributed by atoms with van der Waals surface area (Å²) in [5.41, 5.74) is 3.09. The van der Waals surface area contributed by atoms with E-state index in [0.717, 1.165) is 50.1 Å². The number of anilines is 1. The van der Waals surface area contributed by atoms with Gasteiger partial charge in [0.2, 0.25) is 5.91 Å². The van der Waals surface area contributed by atoms with E-state index >= 15 is 0 Å². The molecule has 2 heterocycles. The number of benzene rings is 3. The van der Waals surface area contributed by atoms with Crippen LogP contribution in [-0.2, 0) is 9.53 Å². The smallest absolute Gasteiger partial charge is 0.344 e. The van der Waals surface area contributed by atoms with E-state index in [1.807, 2.05) is 56.3 Å². The van der Waals surface area contributed by atoms with Crippen LogP contribution in [0.15, 0.2) is 77.3 Å². The molecule has 1 saturated heterocycles. The molecule has 3 aromatic carbocycles. The van der Waals surface area contributed by atoms with Gasteiger partial charge in [0.15, 0.2) is 0 Å². The van der Waals surface area contributed by atoms with Crippen molar-refractivity contribution in [3.05, 3.63) is 106 Å². The highest BCUT2D eigenvalue weighted by Crippen LogP contribution is 2.35. The molecular formula is C36H39ClFN3O4. The molecular weight excluding hydrogens is 593 g/mol. The van der Waals surface area contributed by atoms with E-state index < -0.39 is 17.9 Å². The van der Waals surface area contributed by atoms with Crippen molar-refractivity contribution in [2.75, 3.05) is 25.0 Å². The van der Waals surface area contributed by atoms with Crippen LogP contribution in [0.25, 0.3) is 11.3 Å². The lowest BCUT2D eigenvalue weighted by atomic mass is 9.89. The number of amides is 1. The summed E-state index contributed by atoms with van der Waals surface area (Å²) in [6.07, 6.45) is 3.01. The maximum atomic E-state index is 14.7. The Morgan fingerprint density at radius 3 is 2.51 bits per heavy atom. The van der Waals surface area contributed by atoms with Crippen molar-refractivity contribution < 1.29 is 23.2 Å². The van der Waals surface area contributed by atoms with Crippen LogP contribution in [0.2, 0.25) is 5.02 Å². The maximum Gasteiger partial charge on any atom is 0.344 e. The fraction of sp³-hybridized carbons (Fsp3) is 0.361. The fourth-order valence-electron chi connectivity index (χ4n) is 5.80. The first-order chi connectivity index (χ1) is 21.7. The molecule has 45 heavy (non-hydrogen) atoms. The van der Waals surface area contributed by atoms with Crippen LogP contribution in [0.3, 0.4) is 0 Å². The van der Waals surface area contributed by atoms with Crippen molar-refractivity contribution in [1.82, 2.24) is 10.1 Å². The Balaban J connectivity index is 1.20. The Hall–Kier alpha value is -4.01. The average Bonchev–Trinajstić information content (AvgIpc) is 3.42. The average molecular weight is 632 g/mol. The highest BCUT2D eigenvalue weighted by Gasteiger charge is 2.29. The van der Waals surface area contributed by atoms with E-state index in [0.29, 0.717) is 12.3 Å². The first-order valence-electron chi connectivity index (χ1n) is 15.5. The SMILES string of the molecule is Cc1onc(-c2c(F)cccc2Cl)c1C(=O)OC(CCCN1CCC(c2cccc(NC(=O)C(C)C)c2)CC1)c1ccccc1. The molecule has 0 spiro atoms. The maximum absolute atomic E-state index is 14.7. The standard InChI is InChI=1S/C36H39ClFN3O4/c1-23(2)35(42)39-28-13-7-12-27(22-28)25-17-20-41(21-18-25)19-9-16-31(26-10-5-4-6-11-26)44-36(43)32-24(3)45-40-34(32)33-29(37)14-8-15-30(33)38/h4-8,10-15,22-23,25,31H,9,16-21H2,1-3H3,(H,39,42). The Bertz CT molecular complexity index is 1600. The van der Waals surface area contributed by atoms with Gasteiger partial charge in [-0.2, -0.15) is 0 Å². The molecule has 1 unspecified atom stereocenters. The van der Waals surface area contributed by atoms with Gasteiger partial charge in [0, 0.05) is 11.6 Å². The third kappa shape index (κ3) is 7.99. The second kappa shape index (κ2) is 14.8. The number of hydrogen-bond acceptors (Lipinski definition) is 6. The molecule has 5 rings (SSSR count). The number of rotatable bonds is 11. The van der Waals surface area contributed by atoms with Crippen LogP contribution >= 0.6 is 11.6 Å². The van der Waals surface area contributed by atoms with Crippen molar-refractivity contribution in [3.8, 4) is 11.3 Å². The normalized spacial score (nSPS) is 14.8. The summed E-state index contributed by atoms with van der Waals surface area (Å²) in [7, 11) is 0. The topological polar surface area (TPSA) is 84.7 Å². The zero-order chi connectivity index (χ0) is 31.9. The van der Waals surface area contributed by atoms with Crippen molar-refractivity contribution in [2.24, 2.45) is 5.92 Å². The van der Waals surface area contributed by atoms with E-state index in [1.165, 1.54) is 17.7 Å². The first kappa shape index (κ1) is 32.4. The van der Waals surface area contributed by atoms with Crippen LogP contribution < -0.4 is 5.32 Å². The number of hydrogen-bond donors (Lipinski definition) is 1. The largest absolute Gasteiger partial charge is 0.454 e. The minimum Gasteiger partial charge on any atom is -0.454 e. The Morgan fingerprint density at radius 2 is 1.80 bits per heavy atom. The molecule has 7 nitrogen and oxygen atoms in total. The van der Waals surface area contributed by atoms with Gasteiger partial charge < -0.3 is 19.5 Å². The van der Waals surface area contributed by atoms with Gasteiger partial charge in [-0.05, 0) is 93.6 Å². The zero-order valence-corrected chi connectivity index (χ0v) is 26.6. The minimum absolute atomic E-state index is 0.00895. The molecule has 9 heteroatoms. The fourth-order valence-corrected chi connectivity index (χ4v) is 6.06. The van der Waals surface area contributed by atoms with Gasteiger partial charge in [0.05, 0.1) is 10.6 Å². The Labute approximate surface area is 268 Å². The molecule has 4 aromatic rings. The van der Waals surface area contributed by atoms with Crippen LogP contribution in [0.5, 0.6) is 0 Å². The van der Waals surface area contributed by atoms with E-state index in [1.54, 1.807) is 13.0 Å². The quantitative estimate of drug-likeness (QED) is 0.167. The van der Waals surface area contributed by atoms with Gasteiger partial charge in [0.25, 0.3) is 0 Å². The second-order valence-electron chi connectivity index (χ2n) is 11.9. The van der Waals surface area contributed by atoms with Crippen LogP contribution in [0, 0.1) is 18.7 Å². The van der Waals surface area contributed by atoms with E-state index in [2.05, 4.69) is 27.5 Å². The second-order valence-corrected chi connectivity index (χ2v) is 12.3. The summed E-state index contributed by atoms with van der Waals surface area (Å²) in [5.74, 6) is -0.601. The van der Waals surface area contributed by atoms with Crippen LogP contribution in [-0.4, -0.2) is 41.6 Å². The number of nitrogens with zero attached hydrogens (tertiary/aromatic N) is 2. The number of aryl methyl sites for hydroxylation is 1. The van der Waals surface area contributed by atoms with Gasteiger partial charge in [-0.25, -0.2) is 9.18 Å². The summed E-state index contributed by atoms with van der Waals surface area (Å²) < 4.78 is 26.1. The van der Waals surface area contributed by atoms with Gasteiger partial charge in [-0.1, -0.05) is 79.1 Å². The molecule has 1 aliphatic rings. The molecule has 1 fully saturated rings. The lowest BCUT2D eigenvalue weighted by Gasteiger charge is -2.32. The predicted octanol–water partition coefficient (Wildman–Crippen LogP) is 8.59. The number of nitrogens with one attached hydrogen (secondary N) is 1. The van der Waals surface area contributed by atoms with Crippen LogP contribution in [0.4, 0.5) is 10.1 Å². The third-order valence-electron chi connectivity index (χ3n) is 8.37. The van der Waals surface area contributed by atoms with E-state index in [4.69, 9.17) is 20.9 Å². The van der Waals surface area contributed by atoms with Gasteiger partial charge in [0.1, 0.15) is 28.9 Å². The van der Waals surface area contributed by atoms with Gasteiger partial charge in [-0.3, -0.25) is 4.79 Å². The molecule has 0 aliphatic carbocycles. The van der Waals surface area contributed by atoms with Crippen molar-refractivity contribution in [3.63, 3.8) is 0 Å². The third-order valence-corrected chi connectivity index (χ3v) is 8.68. The lowest BCUT2D eigenvalue weighted by Crippen LogP contribution is -2.34.